The van der Waals surface area contributed by atoms with E-state index in [0.717, 1.165) is 18.2 Å². The number of carbonyl (C=O) groups excluding carboxylic acids is 2. The van der Waals surface area contributed by atoms with E-state index in [2.05, 4.69) is 11.9 Å². The van der Waals surface area contributed by atoms with Crippen LogP contribution >= 0.6 is 0 Å². The second-order valence-electron chi connectivity index (χ2n) is 7.13. The number of nitrogens with one attached hydrogen (secondary N) is 1. The molecule has 1 fully saturated rings. The van der Waals surface area contributed by atoms with Gasteiger partial charge in [0.1, 0.15) is 17.6 Å². The van der Waals surface area contributed by atoms with Crippen molar-refractivity contribution in [2.45, 2.75) is 17.7 Å². The van der Waals surface area contributed by atoms with Crippen LogP contribution in [-0.4, -0.2) is 51.6 Å². The van der Waals surface area contributed by atoms with Gasteiger partial charge < -0.3 is 15.0 Å². The van der Waals surface area contributed by atoms with Gasteiger partial charge in [0.2, 0.25) is 5.91 Å². The molecule has 0 saturated carbocycles. The van der Waals surface area contributed by atoms with Gasteiger partial charge in [-0.15, -0.1) is 0 Å². The largest absolute Gasteiger partial charge is 0.445 e. The van der Waals surface area contributed by atoms with E-state index in [1.165, 1.54) is 17.0 Å². The lowest BCUT2D eigenvalue weighted by molar-refractivity contribution is -0.137. The van der Waals surface area contributed by atoms with Crippen molar-refractivity contribution in [3.63, 3.8) is 0 Å². The molecule has 1 saturated heterocycles. The SMILES string of the molecule is C=CC(=O)Nc1ccc(S(=O)N2CCN(C(=O)OCc3ccc(C(F)(F)F)cc3)CC2)cc1. The summed E-state index contributed by atoms with van der Waals surface area (Å²) in [6, 6.07) is 11.0. The van der Waals surface area contributed by atoms with Crippen molar-refractivity contribution in [2.24, 2.45) is 0 Å². The van der Waals surface area contributed by atoms with E-state index >= 15 is 0 Å². The molecule has 33 heavy (non-hydrogen) atoms. The predicted molar refractivity (Wildman–Crippen MR) is 116 cm³/mol. The summed E-state index contributed by atoms with van der Waals surface area (Å²) in [5.74, 6) is -0.342. The molecule has 1 atom stereocenters. The van der Waals surface area contributed by atoms with Gasteiger partial charge in [0.25, 0.3) is 0 Å². The Hall–Kier alpha value is -3.18. The number of alkyl halides is 3. The molecule has 1 N–H and O–H groups in total. The van der Waals surface area contributed by atoms with Gasteiger partial charge in [-0.05, 0) is 48.0 Å². The summed E-state index contributed by atoms with van der Waals surface area (Å²) in [5, 5.41) is 2.61. The Kier molecular flexibility index (Phi) is 7.88. The van der Waals surface area contributed by atoms with E-state index in [1.807, 2.05) is 0 Å². The quantitative estimate of drug-likeness (QED) is 0.637. The second kappa shape index (κ2) is 10.6. The third kappa shape index (κ3) is 6.65. The van der Waals surface area contributed by atoms with Gasteiger partial charge in [0.15, 0.2) is 0 Å². The molecule has 1 heterocycles. The monoisotopic (exact) mass is 481 g/mol. The van der Waals surface area contributed by atoms with Crippen molar-refractivity contribution in [3.8, 4) is 0 Å². The van der Waals surface area contributed by atoms with Crippen LogP contribution in [-0.2, 0) is 33.3 Å². The van der Waals surface area contributed by atoms with Crippen molar-refractivity contribution in [1.29, 1.82) is 0 Å². The van der Waals surface area contributed by atoms with Crippen molar-refractivity contribution in [3.05, 3.63) is 72.3 Å². The molecule has 0 bridgehead atoms. The van der Waals surface area contributed by atoms with Gasteiger partial charge >= 0.3 is 12.3 Å². The highest BCUT2D eigenvalue weighted by Crippen LogP contribution is 2.29. The van der Waals surface area contributed by atoms with E-state index in [-0.39, 0.29) is 12.5 Å². The maximum atomic E-state index is 12.8. The van der Waals surface area contributed by atoms with Crippen molar-refractivity contribution >= 4 is 28.7 Å². The van der Waals surface area contributed by atoms with Crippen LogP contribution in [0.25, 0.3) is 0 Å². The van der Waals surface area contributed by atoms with Crippen LogP contribution in [0.1, 0.15) is 11.1 Å². The molecular weight excluding hydrogens is 459 g/mol. The molecule has 0 radical (unpaired) electrons. The lowest BCUT2D eigenvalue weighted by Gasteiger charge is -2.33. The highest BCUT2D eigenvalue weighted by atomic mass is 32.2. The molecule has 7 nitrogen and oxygen atoms in total. The van der Waals surface area contributed by atoms with Gasteiger partial charge in [-0.1, -0.05) is 18.7 Å². The smallest absolute Gasteiger partial charge is 0.416 e. The molecule has 1 unspecified atom stereocenters. The maximum Gasteiger partial charge on any atom is 0.416 e. The highest BCUT2D eigenvalue weighted by Gasteiger charge is 2.30. The number of rotatable bonds is 6. The Balaban J connectivity index is 1.46. The van der Waals surface area contributed by atoms with Gasteiger partial charge in [-0.2, -0.15) is 13.2 Å². The zero-order chi connectivity index (χ0) is 24.0. The van der Waals surface area contributed by atoms with Crippen LogP contribution in [0.3, 0.4) is 0 Å². The predicted octanol–water partition coefficient (Wildman–Crippen LogP) is 3.81. The lowest BCUT2D eigenvalue weighted by atomic mass is 10.1. The van der Waals surface area contributed by atoms with Gasteiger partial charge in [-0.3, -0.25) is 4.79 Å². The minimum atomic E-state index is -4.42. The zero-order valence-corrected chi connectivity index (χ0v) is 18.3. The number of hydrogen-bond acceptors (Lipinski definition) is 4. The van der Waals surface area contributed by atoms with Gasteiger partial charge in [0, 0.05) is 31.9 Å². The molecule has 11 heteroatoms. The highest BCUT2D eigenvalue weighted by molar-refractivity contribution is 7.82. The van der Waals surface area contributed by atoms with E-state index in [0.29, 0.717) is 42.3 Å². The molecular formula is C22H22F3N3O4S. The Morgan fingerprint density at radius 1 is 1.03 bits per heavy atom. The van der Waals surface area contributed by atoms with Crippen molar-refractivity contribution in [2.75, 3.05) is 31.5 Å². The fourth-order valence-corrected chi connectivity index (χ4v) is 4.22. The molecule has 2 amide bonds. The van der Waals surface area contributed by atoms with Crippen LogP contribution in [0.2, 0.25) is 0 Å². The number of carbonyl (C=O) groups is 2. The number of amides is 2. The Labute approximate surface area is 191 Å². The average molecular weight is 481 g/mol. The summed E-state index contributed by atoms with van der Waals surface area (Å²) in [5.41, 5.74) is 0.239. The standard InChI is InChI=1S/C22H22F3N3O4S/c1-2-20(29)26-18-7-9-19(10-8-18)33(31)28-13-11-27(12-14-28)21(30)32-15-16-3-5-17(6-4-16)22(23,24)25/h2-10H,1,11-15H2,(H,26,29). The van der Waals surface area contributed by atoms with Crippen LogP contribution in [0.5, 0.6) is 0 Å². The summed E-state index contributed by atoms with van der Waals surface area (Å²) < 4.78 is 57.6. The minimum Gasteiger partial charge on any atom is -0.445 e. The van der Waals surface area contributed by atoms with E-state index in [9.17, 15) is 27.0 Å². The molecule has 1 aliphatic rings. The summed E-state index contributed by atoms with van der Waals surface area (Å²) in [4.78, 5) is 25.6. The summed E-state index contributed by atoms with van der Waals surface area (Å²) in [7, 11) is -1.43. The Bertz CT molecular complexity index is 1020. The number of anilines is 1. The third-order valence-corrected chi connectivity index (χ3v) is 6.39. The minimum absolute atomic E-state index is 0.141. The lowest BCUT2D eigenvalue weighted by Crippen LogP contribution is -2.49. The van der Waals surface area contributed by atoms with Crippen LogP contribution in [0, 0.1) is 0 Å². The molecule has 176 valence electrons. The first-order chi connectivity index (χ1) is 15.7. The van der Waals surface area contributed by atoms with Crippen LogP contribution in [0.15, 0.2) is 66.1 Å². The summed E-state index contributed by atoms with van der Waals surface area (Å²) in [6.07, 6.45) is -3.85. The number of benzene rings is 2. The normalized spacial score (nSPS) is 15.5. The molecule has 3 rings (SSSR count). The van der Waals surface area contributed by atoms with E-state index < -0.39 is 28.8 Å². The summed E-state index contributed by atoms with van der Waals surface area (Å²) >= 11 is 0. The van der Waals surface area contributed by atoms with E-state index in [4.69, 9.17) is 4.74 Å². The van der Waals surface area contributed by atoms with Gasteiger partial charge in [-0.25, -0.2) is 13.3 Å². The van der Waals surface area contributed by atoms with Crippen LogP contribution < -0.4 is 5.32 Å². The van der Waals surface area contributed by atoms with Crippen molar-refractivity contribution < 1.29 is 31.7 Å². The number of hydrogen-bond donors (Lipinski definition) is 1. The Morgan fingerprint density at radius 3 is 2.18 bits per heavy atom. The first-order valence-electron chi connectivity index (χ1n) is 9.95. The molecule has 1 aliphatic heterocycles. The molecule has 0 aromatic heterocycles. The molecule has 0 spiro atoms. The Morgan fingerprint density at radius 2 is 1.64 bits per heavy atom. The molecule has 2 aromatic carbocycles. The van der Waals surface area contributed by atoms with Gasteiger partial charge in [0.05, 0.1) is 10.5 Å². The van der Waals surface area contributed by atoms with Crippen LogP contribution in [0.4, 0.5) is 23.7 Å². The fraction of sp³-hybridized carbons (Fsp3) is 0.273. The zero-order valence-electron chi connectivity index (χ0n) is 17.5. The number of piperazine rings is 1. The first kappa shape index (κ1) is 24.5. The topological polar surface area (TPSA) is 79.0 Å². The summed E-state index contributed by atoms with van der Waals surface area (Å²) in [6.45, 7) is 4.55. The maximum absolute atomic E-state index is 12.8. The second-order valence-corrected chi connectivity index (χ2v) is 8.62. The molecule has 2 aromatic rings. The van der Waals surface area contributed by atoms with Crippen molar-refractivity contribution in [1.82, 2.24) is 9.21 Å². The number of halogens is 3. The molecule has 0 aliphatic carbocycles. The average Bonchev–Trinajstić information content (AvgIpc) is 2.82. The number of ether oxygens (including phenoxy) is 1. The first-order valence-corrected chi connectivity index (χ1v) is 11.1. The third-order valence-electron chi connectivity index (χ3n) is 4.88. The van der Waals surface area contributed by atoms with E-state index in [1.54, 1.807) is 28.6 Å². The number of nitrogens with zero attached hydrogens (tertiary/aromatic N) is 2. The fourth-order valence-electron chi connectivity index (χ4n) is 3.06.